The summed E-state index contributed by atoms with van der Waals surface area (Å²) in [7, 11) is 0. The van der Waals surface area contributed by atoms with Gasteiger partial charge in [0.15, 0.2) is 0 Å². The van der Waals surface area contributed by atoms with Gasteiger partial charge in [0.25, 0.3) is 0 Å². The number of imidazole rings is 1. The molecule has 0 aliphatic heterocycles. The molecule has 0 fully saturated rings. The minimum absolute atomic E-state index is 0.0871. The Balaban J connectivity index is 1.49. The number of carbonyl (C=O) groups excluding carboxylic acids is 1. The molecule has 140 valence electrons. The van der Waals surface area contributed by atoms with E-state index in [1.165, 1.54) is 12.1 Å². The third-order valence-electron chi connectivity index (χ3n) is 4.60. The SMILES string of the molecule is O=C(CCc1nc2ccccc2n1-c1ccccc1)NCc1cccc(F)c1. The maximum absolute atomic E-state index is 13.2. The second-order valence-corrected chi connectivity index (χ2v) is 6.59. The Morgan fingerprint density at radius 3 is 2.57 bits per heavy atom. The van der Waals surface area contributed by atoms with E-state index in [0.29, 0.717) is 19.4 Å². The number of amides is 1. The van der Waals surface area contributed by atoms with E-state index in [9.17, 15) is 9.18 Å². The quantitative estimate of drug-likeness (QED) is 0.544. The van der Waals surface area contributed by atoms with Crippen molar-refractivity contribution in [3.8, 4) is 5.69 Å². The molecule has 1 heterocycles. The van der Waals surface area contributed by atoms with Crippen molar-refractivity contribution in [1.29, 1.82) is 0 Å². The lowest BCUT2D eigenvalue weighted by Crippen LogP contribution is -2.23. The van der Waals surface area contributed by atoms with Crippen molar-refractivity contribution in [2.75, 3.05) is 0 Å². The largest absolute Gasteiger partial charge is 0.352 e. The summed E-state index contributed by atoms with van der Waals surface area (Å²) < 4.78 is 15.3. The number of nitrogens with one attached hydrogen (secondary N) is 1. The Morgan fingerprint density at radius 1 is 0.964 bits per heavy atom. The maximum atomic E-state index is 13.2. The van der Waals surface area contributed by atoms with Gasteiger partial charge in [0.1, 0.15) is 11.6 Å². The molecule has 1 N–H and O–H groups in total. The normalized spacial score (nSPS) is 10.9. The molecule has 0 spiro atoms. The number of hydrogen-bond donors (Lipinski definition) is 1. The van der Waals surface area contributed by atoms with Gasteiger partial charge < -0.3 is 5.32 Å². The summed E-state index contributed by atoms with van der Waals surface area (Å²) in [4.78, 5) is 17.0. The molecule has 28 heavy (non-hydrogen) atoms. The second kappa shape index (κ2) is 8.05. The monoisotopic (exact) mass is 373 g/mol. The molecule has 0 radical (unpaired) electrons. The van der Waals surface area contributed by atoms with Gasteiger partial charge in [0.2, 0.25) is 5.91 Å². The molecule has 5 heteroatoms. The van der Waals surface area contributed by atoms with Crippen molar-refractivity contribution in [2.24, 2.45) is 0 Å². The standard InChI is InChI=1S/C23H20FN3O/c24-18-8-6-7-17(15-18)16-25-23(28)14-13-22-26-20-11-4-5-12-21(20)27(22)19-9-2-1-3-10-19/h1-12,15H,13-14,16H2,(H,25,28). The van der Waals surface area contributed by atoms with Gasteiger partial charge in [-0.2, -0.15) is 0 Å². The highest BCUT2D eigenvalue weighted by molar-refractivity contribution is 5.79. The number of aryl methyl sites for hydroxylation is 1. The van der Waals surface area contributed by atoms with Crippen LogP contribution in [0.3, 0.4) is 0 Å². The van der Waals surface area contributed by atoms with Gasteiger partial charge in [-0.05, 0) is 42.0 Å². The summed E-state index contributed by atoms with van der Waals surface area (Å²) in [6, 6.07) is 24.2. The first-order valence-electron chi connectivity index (χ1n) is 9.23. The zero-order valence-electron chi connectivity index (χ0n) is 15.3. The molecule has 0 saturated carbocycles. The number of fused-ring (bicyclic) bond motifs is 1. The number of para-hydroxylation sites is 3. The fourth-order valence-electron chi connectivity index (χ4n) is 3.27. The predicted octanol–water partition coefficient (Wildman–Crippen LogP) is 4.41. The van der Waals surface area contributed by atoms with E-state index >= 15 is 0 Å². The first-order valence-corrected chi connectivity index (χ1v) is 9.23. The van der Waals surface area contributed by atoms with Crippen LogP contribution in [0.25, 0.3) is 16.7 Å². The molecule has 1 amide bonds. The van der Waals surface area contributed by atoms with Crippen LogP contribution in [0.1, 0.15) is 17.8 Å². The van der Waals surface area contributed by atoms with Crippen LogP contribution in [0, 0.1) is 5.82 Å². The van der Waals surface area contributed by atoms with Crippen molar-refractivity contribution in [1.82, 2.24) is 14.9 Å². The number of rotatable bonds is 6. The number of carbonyl (C=O) groups is 1. The van der Waals surface area contributed by atoms with Crippen LogP contribution in [-0.2, 0) is 17.8 Å². The predicted molar refractivity (Wildman–Crippen MR) is 108 cm³/mol. The van der Waals surface area contributed by atoms with E-state index in [4.69, 9.17) is 4.98 Å². The van der Waals surface area contributed by atoms with Gasteiger partial charge in [-0.25, -0.2) is 9.37 Å². The molecule has 0 aliphatic carbocycles. The Morgan fingerprint density at radius 2 is 1.75 bits per heavy atom. The molecule has 4 aromatic rings. The molecule has 0 saturated heterocycles. The van der Waals surface area contributed by atoms with Gasteiger partial charge in [-0.15, -0.1) is 0 Å². The van der Waals surface area contributed by atoms with Crippen LogP contribution in [-0.4, -0.2) is 15.5 Å². The lowest BCUT2D eigenvalue weighted by Gasteiger charge is -2.10. The van der Waals surface area contributed by atoms with Gasteiger partial charge in [-0.1, -0.05) is 42.5 Å². The molecule has 1 aromatic heterocycles. The Bertz CT molecular complexity index is 1110. The highest BCUT2D eigenvalue weighted by atomic mass is 19.1. The smallest absolute Gasteiger partial charge is 0.220 e. The molecule has 0 atom stereocenters. The summed E-state index contributed by atoms with van der Waals surface area (Å²) >= 11 is 0. The first kappa shape index (κ1) is 17.9. The molecule has 3 aromatic carbocycles. The van der Waals surface area contributed by atoms with E-state index < -0.39 is 0 Å². The van der Waals surface area contributed by atoms with Crippen molar-refractivity contribution in [2.45, 2.75) is 19.4 Å². The zero-order chi connectivity index (χ0) is 19.3. The van der Waals surface area contributed by atoms with Crippen LogP contribution in [0.4, 0.5) is 4.39 Å². The Labute approximate surface area is 162 Å². The molecule has 0 aliphatic rings. The van der Waals surface area contributed by atoms with E-state index in [1.807, 2.05) is 54.6 Å². The summed E-state index contributed by atoms with van der Waals surface area (Å²) in [5.74, 6) is 0.451. The Hall–Kier alpha value is -3.47. The van der Waals surface area contributed by atoms with Gasteiger partial charge in [0, 0.05) is 25.1 Å². The summed E-state index contributed by atoms with van der Waals surface area (Å²) in [5.41, 5.74) is 3.68. The topological polar surface area (TPSA) is 46.9 Å². The minimum Gasteiger partial charge on any atom is -0.352 e. The Kier molecular flexibility index (Phi) is 5.15. The lowest BCUT2D eigenvalue weighted by molar-refractivity contribution is -0.121. The number of halogens is 1. The van der Waals surface area contributed by atoms with Crippen molar-refractivity contribution in [3.05, 3.63) is 96.1 Å². The molecular formula is C23H20FN3O. The molecule has 4 nitrogen and oxygen atoms in total. The van der Waals surface area contributed by atoms with E-state index in [0.717, 1.165) is 28.1 Å². The first-order chi connectivity index (χ1) is 13.7. The number of nitrogens with zero attached hydrogens (tertiary/aromatic N) is 2. The summed E-state index contributed by atoms with van der Waals surface area (Å²) in [6.45, 7) is 0.311. The molecule has 4 rings (SSSR count). The van der Waals surface area contributed by atoms with E-state index in [2.05, 4.69) is 9.88 Å². The van der Waals surface area contributed by atoms with E-state index in [1.54, 1.807) is 12.1 Å². The van der Waals surface area contributed by atoms with Crippen molar-refractivity contribution < 1.29 is 9.18 Å². The number of hydrogen-bond acceptors (Lipinski definition) is 2. The van der Waals surface area contributed by atoms with Crippen LogP contribution in [0.15, 0.2) is 78.9 Å². The summed E-state index contributed by atoms with van der Waals surface area (Å²) in [6.07, 6.45) is 0.823. The molecule has 0 unspecified atom stereocenters. The zero-order valence-corrected chi connectivity index (χ0v) is 15.3. The van der Waals surface area contributed by atoms with Gasteiger partial charge in [-0.3, -0.25) is 9.36 Å². The van der Waals surface area contributed by atoms with Crippen LogP contribution in [0.5, 0.6) is 0 Å². The number of aromatic nitrogens is 2. The second-order valence-electron chi connectivity index (χ2n) is 6.59. The molecule has 0 bridgehead atoms. The number of benzene rings is 3. The third-order valence-corrected chi connectivity index (χ3v) is 4.60. The highest BCUT2D eigenvalue weighted by Gasteiger charge is 2.13. The minimum atomic E-state index is -0.302. The highest BCUT2D eigenvalue weighted by Crippen LogP contribution is 2.22. The van der Waals surface area contributed by atoms with E-state index in [-0.39, 0.29) is 11.7 Å². The average molecular weight is 373 g/mol. The average Bonchev–Trinajstić information content (AvgIpc) is 3.10. The van der Waals surface area contributed by atoms with Crippen LogP contribution in [0.2, 0.25) is 0 Å². The third kappa shape index (κ3) is 3.93. The fourth-order valence-corrected chi connectivity index (χ4v) is 3.27. The lowest BCUT2D eigenvalue weighted by atomic mass is 10.2. The van der Waals surface area contributed by atoms with Crippen LogP contribution < -0.4 is 5.32 Å². The van der Waals surface area contributed by atoms with Gasteiger partial charge in [0.05, 0.1) is 11.0 Å². The summed E-state index contributed by atoms with van der Waals surface area (Å²) in [5, 5.41) is 2.85. The van der Waals surface area contributed by atoms with Gasteiger partial charge >= 0.3 is 0 Å². The fraction of sp³-hybridized carbons (Fsp3) is 0.130. The van der Waals surface area contributed by atoms with Crippen molar-refractivity contribution in [3.63, 3.8) is 0 Å². The molecular weight excluding hydrogens is 353 g/mol. The maximum Gasteiger partial charge on any atom is 0.220 e. The van der Waals surface area contributed by atoms with Crippen LogP contribution >= 0.6 is 0 Å². The van der Waals surface area contributed by atoms with Crippen molar-refractivity contribution >= 4 is 16.9 Å².